The van der Waals surface area contributed by atoms with Crippen LogP contribution in [-0.2, 0) is 10.0 Å². The maximum Gasteiger partial charge on any atom is 0.268 e. The summed E-state index contributed by atoms with van der Waals surface area (Å²) in [6.45, 7) is 0. The standard InChI is InChI=1S/C20H12ClN3O2S/c21-16-2-1-3-17(10-16)27(25,26)24-9-8-18-19(12-23-13-20(18)24)15-6-4-14(11-22)5-7-15/h1-10,12-13H. The predicted octanol–water partition coefficient (Wildman–Crippen LogP) is 4.47. The molecule has 2 aromatic carbocycles. The van der Waals surface area contributed by atoms with Crippen molar-refractivity contribution in [1.82, 2.24) is 8.96 Å². The molecule has 27 heavy (non-hydrogen) atoms. The van der Waals surface area contributed by atoms with Gasteiger partial charge in [0, 0.05) is 28.4 Å². The third kappa shape index (κ3) is 2.97. The maximum absolute atomic E-state index is 13.0. The van der Waals surface area contributed by atoms with Crippen LogP contribution in [0, 0.1) is 11.3 Å². The first-order valence-electron chi connectivity index (χ1n) is 7.97. The third-order valence-electron chi connectivity index (χ3n) is 4.26. The van der Waals surface area contributed by atoms with Gasteiger partial charge >= 0.3 is 0 Å². The van der Waals surface area contributed by atoms with E-state index in [1.165, 1.54) is 28.5 Å². The minimum Gasteiger partial charge on any atom is -0.262 e. The van der Waals surface area contributed by atoms with Gasteiger partial charge < -0.3 is 0 Å². The number of fused-ring (bicyclic) bond motifs is 1. The second-order valence-electron chi connectivity index (χ2n) is 5.88. The number of nitriles is 1. The molecular formula is C20H12ClN3O2S. The lowest BCUT2D eigenvalue weighted by molar-refractivity contribution is 0.589. The lowest BCUT2D eigenvalue weighted by Gasteiger charge is -2.09. The minimum absolute atomic E-state index is 0.108. The molecule has 0 N–H and O–H groups in total. The molecule has 0 unspecified atom stereocenters. The molecular weight excluding hydrogens is 382 g/mol. The summed E-state index contributed by atoms with van der Waals surface area (Å²) < 4.78 is 27.3. The Kier molecular flexibility index (Phi) is 4.19. The molecule has 0 atom stereocenters. The van der Waals surface area contributed by atoms with Crippen LogP contribution in [0.15, 0.2) is 78.1 Å². The van der Waals surface area contributed by atoms with E-state index in [1.807, 2.05) is 12.1 Å². The normalized spacial score (nSPS) is 11.4. The summed E-state index contributed by atoms with van der Waals surface area (Å²) in [6, 6.07) is 17.0. The summed E-state index contributed by atoms with van der Waals surface area (Å²) in [5.74, 6) is 0. The fourth-order valence-corrected chi connectivity index (χ4v) is 4.57. The Balaban J connectivity index is 1.89. The van der Waals surface area contributed by atoms with Crippen LogP contribution < -0.4 is 0 Å². The zero-order valence-corrected chi connectivity index (χ0v) is 15.4. The number of pyridine rings is 1. The van der Waals surface area contributed by atoms with Crippen LogP contribution in [0.3, 0.4) is 0 Å². The molecule has 4 rings (SSSR count). The topological polar surface area (TPSA) is 75.8 Å². The van der Waals surface area contributed by atoms with Crippen molar-refractivity contribution in [3.63, 3.8) is 0 Å². The second-order valence-corrected chi connectivity index (χ2v) is 8.13. The average Bonchev–Trinajstić information content (AvgIpc) is 3.13. The molecule has 0 aliphatic carbocycles. The van der Waals surface area contributed by atoms with Gasteiger partial charge in [0.15, 0.2) is 0 Å². The monoisotopic (exact) mass is 393 g/mol. The van der Waals surface area contributed by atoms with E-state index in [0.717, 1.165) is 16.5 Å². The highest BCUT2D eigenvalue weighted by molar-refractivity contribution is 7.90. The molecule has 0 saturated heterocycles. The molecule has 0 aliphatic heterocycles. The van der Waals surface area contributed by atoms with E-state index in [4.69, 9.17) is 16.9 Å². The summed E-state index contributed by atoms with van der Waals surface area (Å²) >= 11 is 5.95. The molecule has 0 saturated carbocycles. The van der Waals surface area contributed by atoms with Crippen molar-refractivity contribution < 1.29 is 8.42 Å². The minimum atomic E-state index is -3.81. The highest BCUT2D eigenvalue weighted by Gasteiger charge is 2.20. The van der Waals surface area contributed by atoms with Crippen molar-refractivity contribution in [1.29, 1.82) is 5.26 Å². The maximum atomic E-state index is 13.0. The SMILES string of the molecule is N#Cc1ccc(-c2cncc3c2ccn3S(=O)(=O)c2cccc(Cl)c2)cc1. The quantitative estimate of drug-likeness (QED) is 0.514. The van der Waals surface area contributed by atoms with E-state index >= 15 is 0 Å². The number of aromatic nitrogens is 2. The van der Waals surface area contributed by atoms with Crippen molar-refractivity contribution in [3.8, 4) is 17.2 Å². The smallest absolute Gasteiger partial charge is 0.262 e. The summed E-state index contributed by atoms with van der Waals surface area (Å²) in [5.41, 5.74) is 2.67. The lowest BCUT2D eigenvalue weighted by atomic mass is 10.0. The second kappa shape index (κ2) is 6.54. The molecule has 0 radical (unpaired) electrons. The fourth-order valence-electron chi connectivity index (χ4n) is 2.94. The Morgan fingerprint density at radius 3 is 2.52 bits per heavy atom. The van der Waals surface area contributed by atoms with Crippen LogP contribution in [0.2, 0.25) is 5.02 Å². The number of halogens is 1. The van der Waals surface area contributed by atoms with Crippen LogP contribution in [0.4, 0.5) is 0 Å². The van der Waals surface area contributed by atoms with Crippen LogP contribution in [0.25, 0.3) is 22.0 Å². The molecule has 0 amide bonds. The Bertz CT molecular complexity index is 1300. The lowest BCUT2D eigenvalue weighted by Crippen LogP contribution is -2.11. The Labute approximate surface area is 161 Å². The molecule has 4 aromatic rings. The van der Waals surface area contributed by atoms with Gasteiger partial charge in [0.05, 0.1) is 28.2 Å². The summed E-state index contributed by atoms with van der Waals surface area (Å²) in [6.07, 6.45) is 4.71. The van der Waals surface area contributed by atoms with Crippen molar-refractivity contribution >= 4 is 32.5 Å². The van der Waals surface area contributed by atoms with Gasteiger partial charge in [-0.3, -0.25) is 4.98 Å². The Morgan fingerprint density at radius 1 is 1.04 bits per heavy atom. The Morgan fingerprint density at radius 2 is 1.81 bits per heavy atom. The number of benzene rings is 2. The number of nitrogens with zero attached hydrogens (tertiary/aromatic N) is 3. The van der Waals surface area contributed by atoms with Crippen LogP contribution in [0.1, 0.15) is 5.56 Å². The van der Waals surface area contributed by atoms with Gasteiger partial charge in [-0.15, -0.1) is 0 Å². The van der Waals surface area contributed by atoms with Crippen molar-refractivity contribution in [2.45, 2.75) is 4.90 Å². The van der Waals surface area contributed by atoms with Crippen LogP contribution >= 0.6 is 11.6 Å². The zero-order chi connectivity index (χ0) is 19.0. The molecule has 132 valence electrons. The molecule has 5 nitrogen and oxygen atoms in total. The molecule has 0 fully saturated rings. The van der Waals surface area contributed by atoms with E-state index < -0.39 is 10.0 Å². The molecule has 2 aromatic heterocycles. The first-order chi connectivity index (χ1) is 13.0. The van der Waals surface area contributed by atoms with Gasteiger partial charge in [0.1, 0.15) is 0 Å². The van der Waals surface area contributed by atoms with Crippen molar-refractivity contribution in [3.05, 3.63) is 83.8 Å². The van der Waals surface area contributed by atoms with Gasteiger partial charge in [0.25, 0.3) is 10.0 Å². The Hall–Kier alpha value is -3.14. The van der Waals surface area contributed by atoms with E-state index in [1.54, 1.807) is 36.5 Å². The van der Waals surface area contributed by atoms with E-state index in [0.29, 0.717) is 16.1 Å². The molecule has 2 heterocycles. The highest BCUT2D eigenvalue weighted by atomic mass is 35.5. The number of hydrogen-bond acceptors (Lipinski definition) is 4. The number of hydrogen-bond donors (Lipinski definition) is 0. The van der Waals surface area contributed by atoms with Crippen molar-refractivity contribution in [2.24, 2.45) is 0 Å². The summed E-state index contributed by atoms with van der Waals surface area (Å²) in [5, 5.41) is 10.1. The summed E-state index contributed by atoms with van der Waals surface area (Å²) in [4.78, 5) is 4.32. The average molecular weight is 394 g/mol. The highest BCUT2D eigenvalue weighted by Crippen LogP contribution is 2.31. The largest absolute Gasteiger partial charge is 0.268 e. The van der Waals surface area contributed by atoms with Gasteiger partial charge in [-0.1, -0.05) is 29.8 Å². The third-order valence-corrected chi connectivity index (χ3v) is 6.18. The van der Waals surface area contributed by atoms with Gasteiger partial charge in [0.2, 0.25) is 0 Å². The molecule has 7 heteroatoms. The van der Waals surface area contributed by atoms with Gasteiger partial charge in [-0.25, -0.2) is 12.4 Å². The molecule has 0 aliphatic rings. The zero-order valence-electron chi connectivity index (χ0n) is 13.9. The predicted molar refractivity (Wildman–Crippen MR) is 104 cm³/mol. The van der Waals surface area contributed by atoms with Crippen LogP contribution in [-0.4, -0.2) is 17.4 Å². The van der Waals surface area contributed by atoms with Crippen LogP contribution in [0.5, 0.6) is 0 Å². The van der Waals surface area contributed by atoms with E-state index in [-0.39, 0.29) is 4.90 Å². The van der Waals surface area contributed by atoms with E-state index in [9.17, 15) is 8.42 Å². The van der Waals surface area contributed by atoms with E-state index in [2.05, 4.69) is 11.1 Å². The van der Waals surface area contributed by atoms with Crippen molar-refractivity contribution in [2.75, 3.05) is 0 Å². The van der Waals surface area contributed by atoms with Gasteiger partial charge in [-0.2, -0.15) is 5.26 Å². The first kappa shape index (κ1) is 17.3. The van der Waals surface area contributed by atoms with Gasteiger partial charge in [-0.05, 0) is 42.0 Å². The summed E-state index contributed by atoms with van der Waals surface area (Å²) in [7, 11) is -3.81. The molecule has 0 bridgehead atoms. The molecule has 0 spiro atoms. The first-order valence-corrected chi connectivity index (χ1v) is 9.79. The number of rotatable bonds is 3. The fraction of sp³-hybridized carbons (Fsp3) is 0.